The van der Waals surface area contributed by atoms with Crippen LogP contribution in [0.4, 0.5) is 10.6 Å². The number of aromatic nitrogens is 3. The van der Waals surface area contributed by atoms with E-state index in [2.05, 4.69) is 15.3 Å². The number of nitrogens with one attached hydrogen (secondary N) is 1. The first-order valence-corrected chi connectivity index (χ1v) is 6.51. The molecular formula is C14H14N4O3. The van der Waals surface area contributed by atoms with Crippen LogP contribution in [-0.4, -0.2) is 27.1 Å². The molecule has 0 bridgehead atoms. The lowest BCUT2D eigenvalue weighted by atomic mass is 10.3. The highest BCUT2D eigenvalue weighted by Gasteiger charge is 2.14. The predicted octanol–water partition coefficient (Wildman–Crippen LogP) is 2.87. The Hall–Kier alpha value is -2.83. The Bertz CT molecular complexity index is 777. The van der Waals surface area contributed by atoms with Crippen molar-refractivity contribution in [3.8, 4) is 11.5 Å². The molecular weight excluding hydrogens is 272 g/mol. The van der Waals surface area contributed by atoms with Crippen LogP contribution in [0, 0.1) is 6.92 Å². The number of anilines is 1. The molecule has 0 aliphatic heterocycles. The number of furan rings is 1. The van der Waals surface area contributed by atoms with Gasteiger partial charge in [-0.2, -0.15) is 0 Å². The van der Waals surface area contributed by atoms with Crippen LogP contribution in [0.5, 0.6) is 0 Å². The van der Waals surface area contributed by atoms with Gasteiger partial charge in [0.25, 0.3) is 0 Å². The van der Waals surface area contributed by atoms with Gasteiger partial charge in [-0.15, -0.1) is 0 Å². The summed E-state index contributed by atoms with van der Waals surface area (Å²) in [5, 5.41) is 2.58. The molecule has 0 saturated carbocycles. The Balaban J connectivity index is 2.09. The Kier molecular flexibility index (Phi) is 3.31. The molecule has 0 aliphatic rings. The van der Waals surface area contributed by atoms with Gasteiger partial charge in [-0.1, -0.05) is 0 Å². The van der Waals surface area contributed by atoms with Crippen molar-refractivity contribution in [1.82, 2.24) is 14.4 Å². The fraction of sp³-hybridized carbons (Fsp3) is 0.214. The Morgan fingerprint density at radius 3 is 3.00 bits per heavy atom. The predicted molar refractivity (Wildman–Crippen MR) is 76.1 cm³/mol. The van der Waals surface area contributed by atoms with Crippen LogP contribution in [0.3, 0.4) is 0 Å². The molecule has 1 amide bonds. The van der Waals surface area contributed by atoms with Gasteiger partial charge in [0.05, 0.1) is 24.8 Å². The summed E-state index contributed by atoms with van der Waals surface area (Å²) < 4.78 is 12.0. The molecule has 3 rings (SSSR count). The van der Waals surface area contributed by atoms with Gasteiger partial charge in [0.1, 0.15) is 0 Å². The number of ether oxygens (including phenoxy) is 1. The number of nitrogens with zero attached hydrogens (tertiary/aromatic N) is 3. The number of rotatable bonds is 3. The van der Waals surface area contributed by atoms with E-state index in [1.165, 1.54) is 0 Å². The summed E-state index contributed by atoms with van der Waals surface area (Å²) in [7, 11) is 0. The Morgan fingerprint density at radius 2 is 2.29 bits per heavy atom. The van der Waals surface area contributed by atoms with Gasteiger partial charge in [0.2, 0.25) is 0 Å². The molecule has 7 nitrogen and oxygen atoms in total. The van der Waals surface area contributed by atoms with Gasteiger partial charge < -0.3 is 13.6 Å². The molecule has 3 aromatic heterocycles. The van der Waals surface area contributed by atoms with Gasteiger partial charge in [0.15, 0.2) is 22.9 Å². The Labute approximate surface area is 120 Å². The van der Waals surface area contributed by atoms with E-state index in [9.17, 15) is 4.79 Å². The van der Waals surface area contributed by atoms with E-state index in [1.807, 2.05) is 13.1 Å². The van der Waals surface area contributed by atoms with E-state index in [0.29, 0.717) is 29.5 Å². The lowest BCUT2D eigenvalue weighted by Crippen LogP contribution is -2.15. The highest BCUT2D eigenvalue weighted by atomic mass is 16.5. The van der Waals surface area contributed by atoms with Gasteiger partial charge in [-0.05, 0) is 26.0 Å². The van der Waals surface area contributed by atoms with Crippen LogP contribution in [0.25, 0.3) is 17.1 Å². The van der Waals surface area contributed by atoms with E-state index >= 15 is 0 Å². The largest absolute Gasteiger partial charge is 0.463 e. The molecule has 0 atom stereocenters. The third-order valence-electron chi connectivity index (χ3n) is 2.82. The highest BCUT2D eigenvalue weighted by molar-refractivity contribution is 5.84. The average molecular weight is 286 g/mol. The summed E-state index contributed by atoms with van der Waals surface area (Å²) in [6, 6.07) is 3.56. The minimum Gasteiger partial charge on any atom is -0.463 e. The zero-order valence-corrected chi connectivity index (χ0v) is 11.7. The number of carbonyl (C=O) groups excluding carboxylic acids is 1. The number of imidazole rings is 1. The van der Waals surface area contributed by atoms with Crippen LogP contribution >= 0.6 is 0 Å². The highest BCUT2D eigenvalue weighted by Crippen LogP contribution is 2.24. The summed E-state index contributed by atoms with van der Waals surface area (Å²) in [6.45, 7) is 3.92. The fourth-order valence-electron chi connectivity index (χ4n) is 2.03. The van der Waals surface area contributed by atoms with Crippen LogP contribution in [0.2, 0.25) is 0 Å². The summed E-state index contributed by atoms with van der Waals surface area (Å²) in [4.78, 5) is 20.3. The molecule has 0 radical (unpaired) electrons. The quantitative estimate of drug-likeness (QED) is 0.800. The van der Waals surface area contributed by atoms with Crippen LogP contribution in [-0.2, 0) is 4.74 Å². The van der Waals surface area contributed by atoms with Crippen LogP contribution < -0.4 is 5.32 Å². The van der Waals surface area contributed by atoms with Crippen molar-refractivity contribution in [2.24, 2.45) is 0 Å². The molecule has 0 aromatic carbocycles. The molecule has 0 unspecified atom stereocenters. The second-order valence-corrected chi connectivity index (χ2v) is 4.41. The van der Waals surface area contributed by atoms with Crippen molar-refractivity contribution in [2.75, 3.05) is 11.9 Å². The average Bonchev–Trinajstić information content (AvgIpc) is 3.06. The van der Waals surface area contributed by atoms with Crippen molar-refractivity contribution in [3.05, 3.63) is 36.5 Å². The SMILES string of the molecule is CCOC(=O)Nc1cn2cc(C)nc2c(-c2ccco2)n1. The molecule has 1 N–H and O–H groups in total. The number of aryl methyl sites for hydroxylation is 1. The number of hydrogen-bond acceptors (Lipinski definition) is 5. The maximum absolute atomic E-state index is 11.5. The maximum atomic E-state index is 11.5. The number of hydrogen-bond donors (Lipinski definition) is 1. The zero-order valence-electron chi connectivity index (χ0n) is 11.7. The second-order valence-electron chi connectivity index (χ2n) is 4.41. The van der Waals surface area contributed by atoms with Gasteiger partial charge in [0, 0.05) is 6.20 Å². The molecule has 0 saturated heterocycles. The van der Waals surface area contributed by atoms with Gasteiger partial charge >= 0.3 is 6.09 Å². The standard InChI is InChI=1S/C14H14N4O3/c1-3-20-14(19)17-11-8-18-7-9(2)15-13(18)12(16-11)10-5-4-6-21-10/h4-8H,3H2,1-2H3,(H,17,19). The second kappa shape index (κ2) is 5.28. The maximum Gasteiger partial charge on any atom is 0.412 e. The van der Waals surface area contributed by atoms with Crippen molar-refractivity contribution in [1.29, 1.82) is 0 Å². The summed E-state index contributed by atoms with van der Waals surface area (Å²) in [5.41, 5.74) is 2.07. The third-order valence-corrected chi connectivity index (χ3v) is 2.82. The van der Waals surface area contributed by atoms with Gasteiger partial charge in [-0.25, -0.2) is 14.8 Å². The molecule has 108 valence electrons. The molecule has 7 heteroatoms. The molecule has 21 heavy (non-hydrogen) atoms. The first kappa shape index (κ1) is 13.2. The monoisotopic (exact) mass is 286 g/mol. The third kappa shape index (κ3) is 2.58. The van der Waals surface area contributed by atoms with E-state index in [1.54, 1.807) is 35.9 Å². The molecule has 0 fully saturated rings. The number of amides is 1. The van der Waals surface area contributed by atoms with E-state index in [0.717, 1.165) is 5.69 Å². The molecule has 3 aromatic rings. The first-order chi connectivity index (χ1) is 10.2. The smallest absolute Gasteiger partial charge is 0.412 e. The number of fused-ring (bicyclic) bond motifs is 1. The zero-order chi connectivity index (χ0) is 14.8. The van der Waals surface area contributed by atoms with Crippen molar-refractivity contribution in [3.63, 3.8) is 0 Å². The summed E-state index contributed by atoms with van der Waals surface area (Å²) >= 11 is 0. The molecule has 0 aliphatic carbocycles. The number of carbonyl (C=O) groups is 1. The van der Waals surface area contributed by atoms with Crippen LogP contribution in [0.1, 0.15) is 12.6 Å². The lowest BCUT2D eigenvalue weighted by molar-refractivity contribution is 0.168. The van der Waals surface area contributed by atoms with Crippen LogP contribution in [0.15, 0.2) is 35.2 Å². The summed E-state index contributed by atoms with van der Waals surface area (Å²) in [6.07, 6.45) is 4.54. The van der Waals surface area contributed by atoms with E-state index < -0.39 is 6.09 Å². The molecule has 3 heterocycles. The fourth-order valence-corrected chi connectivity index (χ4v) is 2.03. The topological polar surface area (TPSA) is 81.7 Å². The van der Waals surface area contributed by atoms with Crippen molar-refractivity contribution < 1.29 is 13.9 Å². The minimum absolute atomic E-state index is 0.295. The first-order valence-electron chi connectivity index (χ1n) is 6.51. The Morgan fingerprint density at radius 1 is 1.43 bits per heavy atom. The van der Waals surface area contributed by atoms with Gasteiger partial charge in [-0.3, -0.25) is 5.32 Å². The molecule has 0 spiro atoms. The minimum atomic E-state index is -0.549. The lowest BCUT2D eigenvalue weighted by Gasteiger charge is -2.07. The van der Waals surface area contributed by atoms with E-state index in [-0.39, 0.29) is 0 Å². The van der Waals surface area contributed by atoms with Crippen molar-refractivity contribution in [2.45, 2.75) is 13.8 Å². The van der Waals surface area contributed by atoms with E-state index in [4.69, 9.17) is 9.15 Å². The van der Waals surface area contributed by atoms with Crippen molar-refractivity contribution >= 4 is 17.6 Å². The normalized spacial score (nSPS) is 10.8. The summed E-state index contributed by atoms with van der Waals surface area (Å²) in [5.74, 6) is 0.947.